The van der Waals surface area contributed by atoms with Crippen LogP contribution in [0, 0.1) is 5.82 Å². The Balaban J connectivity index is 2.44. The van der Waals surface area contributed by atoms with Crippen LogP contribution in [0.4, 0.5) is 4.39 Å². The second-order valence-electron chi connectivity index (χ2n) is 4.59. The fraction of sp³-hybridized carbons (Fsp3) is 0.231. The van der Waals surface area contributed by atoms with E-state index in [0.717, 1.165) is 0 Å². The van der Waals surface area contributed by atoms with Gasteiger partial charge in [0.1, 0.15) is 16.2 Å². The summed E-state index contributed by atoms with van der Waals surface area (Å²) < 4.78 is 14.5. The molecule has 0 unspecified atom stereocenters. The lowest BCUT2D eigenvalue weighted by molar-refractivity contribution is -0.142. The SMILES string of the molecule is CC(C)(C(=O)O)c1csc(-c2ccc(Br)cc2F)n1. The normalized spacial score (nSPS) is 11.6. The van der Waals surface area contributed by atoms with Crippen LogP contribution in [0.1, 0.15) is 19.5 Å². The summed E-state index contributed by atoms with van der Waals surface area (Å²) in [6.45, 7) is 3.15. The second-order valence-corrected chi connectivity index (χ2v) is 6.37. The van der Waals surface area contributed by atoms with Crippen molar-refractivity contribution in [2.45, 2.75) is 19.3 Å². The van der Waals surface area contributed by atoms with Crippen LogP contribution >= 0.6 is 27.3 Å². The van der Waals surface area contributed by atoms with Gasteiger partial charge in [0.05, 0.1) is 5.69 Å². The molecule has 0 radical (unpaired) electrons. The molecule has 100 valence electrons. The van der Waals surface area contributed by atoms with Gasteiger partial charge in [0.15, 0.2) is 0 Å². The Morgan fingerprint density at radius 3 is 2.74 bits per heavy atom. The standard InChI is InChI=1S/C13H11BrFNO2S/c1-13(2,12(17)18)10-6-19-11(16-10)8-4-3-7(14)5-9(8)15/h3-6H,1-2H3,(H,17,18). The zero-order valence-corrected chi connectivity index (χ0v) is 12.7. The average Bonchev–Trinajstić information content (AvgIpc) is 2.78. The molecule has 3 nitrogen and oxygen atoms in total. The lowest BCUT2D eigenvalue weighted by Crippen LogP contribution is -2.28. The summed E-state index contributed by atoms with van der Waals surface area (Å²) >= 11 is 4.43. The Bertz CT molecular complexity index is 639. The number of benzene rings is 1. The molecule has 2 aromatic rings. The van der Waals surface area contributed by atoms with Gasteiger partial charge in [-0.3, -0.25) is 4.79 Å². The van der Waals surface area contributed by atoms with E-state index >= 15 is 0 Å². The van der Waals surface area contributed by atoms with E-state index in [-0.39, 0.29) is 5.82 Å². The number of aliphatic carboxylic acids is 1. The van der Waals surface area contributed by atoms with Gasteiger partial charge in [-0.2, -0.15) is 0 Å². The summed E-state index contributed by atoms with van der Waals surface area (Å²) in [7, 11) is 0. The van der Waals surface area contributed by atoms with Crippen molar-refractivity contribution >= 4 is 33.2 Å². The third-order valence-electron chi connectivity index (χ3n) is 2.84. The summed E-state index contributed by atoms with van der Waals surface area (Å²) in [5.41, 5.74) is -0.274. The minimum atomic E-state index is -1.08. The first kappa shape index (κ1) is 14.1. The molecule has 0 spiro atoms. The van der Waals surface area contributed by atoms with E-state index < -0.39 is 11.4 Å². The number of hydrogen-bond donors (Lipinski definition) is 1. The van der Waals surface area contributed by atoms with Gasteiger partial charge in [0, 0.05) is 15.4 Å². The Labute approximate surface area is 122 Å². The number of halogens is 2. The maximum Gasteiger partial charge on any atom is 0.315 e. The highest BCUT2D eigenvalue weighted by molar-refractivity contribution is 9.10. The highest BCUT2D eigenvalue weighted by Gasteiger charge is 2.32. The molecule has 19 heavy (non-hydrogen) atoms. The van der Waals surface area contributed by atoms with Gasteiger partial charge in [-0.1, -0.05) is 15.9 Å². The van der Waals surface area contributed by atoms with Crippen molar-refractivity contribution in [3.05, 3.63) is 39.6 Å². The molecule has 0 atom stereocenters. The van der Waals surface area contributed by atoms with Crippen molar-refractivity contribution in [1.29, 1.82) is 0 Å². The maximum absolute atomic E-state index is 13.8. The van der Waals surface area contributed by atoms with Crippen LogP contribution in [-0.4, -0.2) is 16.1 Å². The van der Waals surface area contributed by atoms with E-state index in [1.54, 1.807) is 31.4 Å². The summed E-state index contributed by atoms with van der Waals surface area (Å²) in [5, 5.41) is 11.3. The lowest BCUT2D eigenvalue weighted by atomic mass is 9.90. The lowest BCUT2D eigenvalue weighted by Gasteiger charge is -2.15. The molecule has 0 bridgehead atoms. The van der Waals surface area contributed by atoms with E-state index in [0.29, 0.717) is 20.7 Å². The number of rotatable bonds is 3. The highest BCUT2D eigenvalue weighted by atomic mass is 79.9. The second kappa shape index (κ2) is 5.02. The summed E-state index contributed by atoms with van der Waals surface area (Å²) in [4.78, 5) is 15.4. The molecule has 0 saturated heterocycles. The number of thiazole rings is 1. The molecule has 1 aromatic heterocycles. The topological polar surface area (TPSA) is 50.2 Å². The van der Waals surface area contributed by atoms with Crippen molar-refractivity contribution < 1.29 is 14.3 Å². The Morgan fingerprint density at radius 1 is 1.47 bits per heavy atom. The summed E-state index contributed by atoms with van der Waals surface area (Å²) in [6, 6.07) is 4.70. The largest absolute Gasteiger partial charge is 0.481 e. The monoisotopic (exact) mass is 343 g/mol. The molecule has 6 heteroatoms. The molecule has 1 N–H and O–H groups in total. The number of nitrogens with zero attached hydrogens (tertiary/aromatic N) is 1. The Morgan fingerprint density at radius 2 is 2.16 bits per heavy atom. The molecule has 1 aromatic carbocycles. The third-order valence-corrected chi connectivity index (χ3v) is 4.21. The third kappa shape index (κ3) is 2.69. The molecule has 0 fully saturated rings. The average molecular weight is 344 g/mol. The number of carboxylic acids is 1. The van der Waals surface area contributed by atoms with Crippen molar-refractivity contribution in [3.63, 3.8) is 0 Å². The van der Waals surface area contributed by atoms with E-state index in [1.807, 2.05) is 0 Å². The Kier molecular flexibility index (Phi) is 3.73. The maximum atomic E-state index is 13.8. The predicted molar refractivity (Wildman–Crippen MR) is 75.9 cm³/mol. The van der Waals surface area contributed by atoms with Gasteiger partial charge in [-0.15, -0.1) is 11.3 Å². The minimum absolute atomic E-state index is 0.376. The van der Waals surface area contributed by atoms with Crippen LogP contribution < -0.4 is 0 Å². The molecule has 0 saturated carbocycles. The van der Waals surface area contributed by atoms with Crippen molar-refractivity contribution in [2.75, 3.05) is 0 Å². The highest BCUT2D eigenvalue weighted by Crippen LogP contribution is 2.32. The molecule has 1 heterocycles. The zero-order valence-electron chi connectivity index (χ0n) is 10.3. The molecule has 0 aliphatic rings. The fourth-order valence-electron chi connectivity index (χ4n) is 1.46. The van der Waals surface area contributed by atoms with Crippen LogP contribution in [-0.2, 0) is 10.2 Å². The quantitative estimate of drug-likeness (QED) is 0.913. The number of carboxylic acid groups (broad SMARTS) is 1. The number of carbonyl (C=O) groups is 1. The smallest absolute Gasteiger partial charge is 0.315 e. The van der Waals surface area contributed by atoms with Gasteiger partial charge in [0.2, 0.25) is 0 Å². The van der Waals surface area contributed by atoms with E-state index in [4.69, 9.17) is 5.11 Å². The molecule has 0 amide bonds. The summed E-state index contributed by atoms with van der Waals surface area (Å²) in [6.07, 6.45) is 0. The molecule has 0 aliphatic heterocycles. The van der Waals surface area contributed by atoms with Crippen LogP contribution in [0.15, 0.2) is 28.1 Å². The van der Waals surface area contributed by atoms with Crippen LogP contribution in [0.3, 0.4) is 0 Å². The van der Waals surface area contributed by atoms with Crippen molar-refractivity contribution in [2.24, 2.45) is 0 Å². The predicted octanol–water partition coefficient (Wildman–Crippen LogP) is 4.07. The molecular formula is C13H11BrFNO2S. The first-order valence-corrected chi connectivity index (χ1v) is 7.14. The molecule has 2 rings (SSSR count). The first-order chi connectivity index (χ1) is 8.82. The minimum Gasteiger partial charge on any atom is -0.481 e. The first-order valence-electron chi connectivity index (χ1n) is 5.47. The van der Waals surface area contributed by atoms with Crippen molar-refractivity contribution in [1.82, 2.24) is 4.98 Å². The molecular weight excluding hydrogens is 333 g/mol. The number of aromatic nitrogens is 1. The van der Waals surface area contributed by atoms with Gasteiger partial charge in [0.25, 0.3) is 0 Å². The number of hydrogen-bond acceptors (Lipinski definition) is 3. The molecule has 0 aliphatic carbocycles. The van der Waals surface area contributed by atoms with Crippen LogP contribution in [0.5, 0.6) is 0 Å². The van der Waals surface area contributed by atoms with Crippen LogP contribution in [0.2, 0.25) is 0 Å². The van der Waals surface area contributed by atoms with E-state index in [1.165, 1.54) is 17.4 Å². The van der Waals surface area contributed by atoms with E-state index in [9.17, 15) is 9.18 Å². The van der Waals surface area contributed by atoms with Crippen LogP contribution in [0.25, 0.3) is 10.6 Å². The Hall–Kier alpha value is -1.27. The fourth-order valence-corrected chi connectivity index (χ4v) is 2.80. The van der Waals surface area contributed by atoms with Crippen molar-refractivity contribution in [3.8, 4) is 10.6 Å². The van der Waals surface area contributed by atoms with Gasteiger partial charge in [-0.05, 0) is 32.0 Å². The van der Waals surface area contributed by atoms with Gasteiger partial charge in [-0.25, -0.2) is 9.37 Å². The van der Waals surface area contributed by atoms with Gasteiger partial charge >= 0.3 is 5.97 Å². The summed E-state index contributed by atoms with van der Waals surface area (Å²) in [5.74, 6) is -1.34. The van der Waals surface area contributed by atoms with Gasteiger partial charge < -0.3 is 5.11 Å². The van der Waals surface area contributed by atoms with E-state index in [2.05, 4.69) is 20.9 Å². The zero-order chi connectivity index (χ0) is 14.2.